The van der Waals surface area contributed by atoms with Gasteiger partial charge in [-0.1, -0.05) is 30.3 Å². The number of benzene rings is 3. The van der Waals surface area contributed by atoms with Gasteiger partial charge < -0.3 is 19.5 Å². The minimum Gasteiger partial charge on any atom is -0.486 e. The Morgan fingerprint density at radius 1 is 0.969 bits per heavy atom. The number of halogens is 1. The van der Waals surface area contributed by atoms with Crippen LogP contribution in [-0.2, 0) is 4.79 Å². The standard InChI is InChI=1S/C25H19FN2O4/c26-17-6-8-20-19(12-17)23(14-21(28-20)16-4-2-1-3-5-16)32-15-25(29)27-18-7-9-22-24(13-18)31-11-10-30-22/h1-9,12-14H,10-11,15H2,(H,27,29). The Labute approximate surface area is 183 Å². The third-order valence-electron chi connectivity index (χ3n) is 4.99. The van der Waals surface area contributed by atoms with Crippen LogP contribution in [-0.4, -0.2) is 30.7 Å². The van der Waals surface area contributed by atoms with Gasteiger partial charge in [0.1, 0.15) is 24.8 Å². The van der Waals surface area contributed by atoms with Gasteiger partial charge in [-0.05, 0) is 30.3 Å². The first-order valence-electron chi connectivity index (χ1n) is 10.1. The molecule has 0 unspecified atom stereocenters. The number of fused-ring (bicyclic) bond motifs is 2. The Hall–Kier alpha value is -4.13. The van der Waals surface area contributed by atoms with Gasteiger partial charge >= 0.3 is 0 Å². The summed E-state index contributed by atoms with van der Waals surface area (Å²) >= 11 is 0. The minimum atomic E-state index is -0.405. The molecule has 3 aromatic carbocycles. The molecule has 0 spiro atoms. The third kappa shape index (κ3) is 4.18. The van der Waals surface area contributed by atoms with Crippen LogP contribution in [0.3, 0.4) is 0 Å². The van der Waals surface area contributed by atoms with Gasteiger partial charge in [-0.15, -0.1) is 0 Å². The van der Waals surface area contributed by atoms with E-state index in [9.17, 15) is 9.18 Å². The van der Waals surface area contributed by atoms with Crippen molar-refractivity contribution in [1.82, 2.24) is 4.98 Å². The van der Waals surface area contributed by atoms with Crippen LogP contribution in [0.2, 0.25) is 0 Å². The summed E-state index contributed by atoms with van der Waals surface area (Å²) in [6, 6.07) is 20.8. The van der Waals surface area contributed by atoms with Gasteiger partial charge in [-0.3, -0.25) is 4.79 Å². The molecule has 0 atom stereocenters. The van der Waals surface area contributed by atoms with Gasteiger partial charge in [0.05, 0.1) is 11.2 Å². The fraction of sp³-hybridized carbons (Fsp3) is 0.120. The lowest BCUT2D eigenvalue weighted by molar-refractivity contribution is -0.118. The van der Waals surface area contributed by atoms with E-state index in [0.29, 0.717) is 52.7 Å². The van der Waals surface area contributed by atoms with Crippen LogP contribution in [0.25, 0.3) is 22.2 Å². The lowest BCUT2D eigenvalue weighted by Gasteiger charge is -2.19. The second kappa shape index (κ2) is 8.55. The number of ether oxygens (including phenoxy) is 3. The smallest absolute Gasteiger partial charge is 0.262 e. The van der Waals surface area contributed by atoms with Crippen molar-refractivity contribution >= 4 is 22.5 Å². The highest BCUT2D eigenvalue weighted by atomic mass is 19.1. The molecule has 7 heteroatoms. The molecule has 0 bridgehead atoms. The zero-order chi connectivity index (χ0) is 21.9. The number of hydrogen-bond donors (Lipinski definition) is 1. The quantitative estimate of drug-likeness (QED) is 0.491. The molecule has 6 nitrogen and oxygen atoms in total. The lowest BCUT2D eigenvalue weighted by atomic mass is 10.1. The summed E-state index contributed by atoms with van der Waals surface area (Å²) in [6.07, 6.45) is 0. The number of nitrogens with zero attached hydrogens (tertiary/aromatic N) is 1. The molecule has 5 rings (SSSR count). The van der Waals surface area contributed by atoms with Gasteiger partial charge in [0.25, 0.3) is 5.91 Å². The largest absolute Gasteiger partial charge is 0.486 e. The second-order valence-corrected chi connectivity index (χ2v) is 7.23. The lowest BCUT2D eigenvalue weighted by Crippen LogP contribution is -2.21. The molecular formula is C25H19FN2O4. The highest BCUT2D eigenvalue weighted by Crippen LogP contribution is 2.33. The summed E-state index contributed by atoms with van der Waals surface area (Å²) in [5.41, 5.74) is 2.71. The van der Waals surface area contributed by atoms with Crippen LogP contribution in [0.4, 0.5) is 10.1 Å². The molecule has 0 radical (unpaired) electrons. The van der Waals surface area contributed by atoms with Crippen LogP contribution in [0.5, 0.6) is 17.2 Å². The van der Waals surface area contributed by atoms with Crippen LogP contribution in [0, 0.1) is 5.82 Å². The Morgan fingerprint density at radius 3 is 2.62 bits per heavy atom. The van der Waals surface area contributed by atoms with E-state index in [0.717, 1.165) is 5.56 Å². The maximum Gasteiger partial charge on any atom is 0.262 e. The predicted octanol–water partition coefficient (Wildman–Crippen LogP) is 4.83. The summed E-state index contributed by atoms with van der Waals surface area (Å²) in [6.45, 7) is 0.708. The maximum absolute atomic E-state index is 13.9. The number of carbonyl (C=O) groups excluding carboxylic acids is 1. The van der Waals surface area contributed by atoms with E-state index in [2.05, 4.69) is 10.3 Å². The minimum absolute atomic E-state index is 0.252. The molecule has 0 saturated heterocycles. The van der Waals surface area contributed by atoms with Crippen molar-refractivity contribution in [1.29, 1.82) is 0 Å². The maximum atomic E-state index is 13.9. The number of amides is 1. The van der Waals surface area contributed by atoms with Crippen molar-refractivity contribution < 1.29 is 23.4 Å². The zero-order valence-electron chi connectivity index (χ0n) is 17.0. The number of anilines is 1. The van der Waals surface area contributed by atoms with Crippen LogP contribution < -0.4 is 19.5 Å². The van der Waals surface area contributed by atoms with E-state index in [1.165, 1.54) is 12.1 Å². The fourth-order valence-electron chi connectivity index (χ4n) is 3.50. The molecule has 1 N–H and O–H groups in total. The van der Waals surface area contributed by atoms with Gasteiger partial charge in [-0.2, -0.15) is 0 Å². The first-order valence-corrected chi connectivity index (χ1v) is 10.1. The topological polar surface area (TPSA) is 69.7 Å². The van der Waals surface area contributed by atoms with Crippen molar-refractivity contribution in [3.8, 4) is 28.5 Å². The van der Waals surface area contributed by atoms with Crippen molar-refractivity contribution in [2.75, 3.05) is 25.1 Å². The van der Waals surface area contributed by atoms with Crippen LogP contribution >= 0.6 is 0 Å². The molecule has 1 aliphatic heterocycles. The van der Waals surface area contributed by atoms with E-state index >= 15 is 0 Å². The number of carbonyl (C=O) groups is 1. The van der Waals surface area contributed by atoms with E-state index < -0.39 is 5.82 Å². The normalized spacial score (nSPS) is 12.4. The van der Waals surface area contributed by atoms with Crippen LogP contribution in [0.1, 0.15) is 0 Å². The average molecular weight is 430 g/mol. The summed E-state index contributed by atoms with van der Waals surface area (Å²) in [5, 5.41) is 3.28. The number of hydrogen-bond acceptors (Lipinski definition) is 5. The second-order valence-electron chi connectivity index (χ2n) is 7.23. The first kappa shape index (κ1) is 19.8. The Balaban J connectivity index is 1.37. The fourth-order valence-corrected chi connectivity index (χ4v) is 3.50. The van der Waals surface area contributed by atoms with E-state index in [1.54, 1.807) is 30.3 Å². The van der Waals surface area contributed by atoms with E-state index in [1.807, 2.05) is 30.3 Å². The summed E-state index contributed by atoms with van der Waals surface area (Å²) in [5.74, 6) is 0.842. The SMILES string of the molecule is O=C(COc1cc(-c2ccccc2)nc2ccc(F)cc12)Nc1ccc2c(c1)OCCO2. The molecule has 0 saturated carbocycles. The monoisotopic (exact) mass is 430 g/mol. The molecule has 1 aliphatic rings. The third-order valence-corrected chi connectivity index (χ3v) is 4.99. The molecule has 4 aromatic rings. The number of nitrogens with one attached hydrogen (secondary N) is 1. The molecule has 32 heavy (non-hydrogen) atoms. The molecular weight excluding hydrogens is 411 g/mol. The highest BCUT2D eigenvalue weighted by Gasteiger charge is 2.14. The van der Waals surface area contributed by atoms with Gasteiger partial charge in [0, 0.05) is 28.8 Å². The zero-order valence-corrected chi connectivity index (χ0v) is 17.0. The van der Waals surface area contributed by atoms with Crippen LogP contribution in [0.15, 0.2) is 72.8 Å². The molecule has 0 aliphatic carbocycles. The van der Waals surface area contributed by atoms with Gasteiger partial charge in [-0.25, -0.2) is 9.37 Å². The van der Waals surface area contributed by atoms with Crippen molar-refractivity contribution in [3.63, 3.8) is 0 Å². The number of pyridine rings is 1. The number of aromatic nitrogens is 1. The van der Waals surface area contributed by atoms with Gasteiger partial charge in [0.2, 0.25) is 0 Å². The Kier molecular flexibility index (Phi) is 5.29. The van der Waals surface area contributed by atoms with Crippen molar-refractivity contribution in [3.05, 3.63) is 78.6 Å². The molecule has 0 fully saturated rings. The Morgan fingerprint density at radius 2 is 1.78 bits per heavy atom. The predicted molar refractivity (Wildman–Crippen MR) is 119 cm³/mol. The highest BCUT2D eigenvalue weighted by molar-refractivity contribution is 5.93. The number of rotatable bonds is 5. The van der Waals surface area contributed by atoms with Crippen molar-refractivity contribution in [2.24, 2.45) is 0 Å². The molecule has 1 amide bonds. The van der Waals surface area contributed by atoms with E-state index in [4.69, 9.17) is 14.2 Å². The van der Waals surface area contributed by atoms with Gasteiger partial charge in [0.15, 0.2) is 18.1 Å². The molecule has 2 heterocycles. The molecule has 160 valence electrons. The Bertz CT molecular complexity index is 1290. The molecule has 1 aromatic heterocycles. The summed E-state index contributed by atoms with van der Waals surface area (Å²) in [4.78, 5) is 17.1. The first-order chi connectivity index (χ1) is 15.7. The van der Waals surface area contributed by atoms with E-state index in [-0.39, 0.29) is 12.5 Å². The summed E-state index contributed by atoms with van der Waals surface area (Å²) < 4.78 is 30.7. The summed E-state index contributed by atoms with van der Waals surface area (Å²) in [7, 11) is 0. The average Bonchev–Trinajstić information content (AvgIpc) is 2.83. The van der Waals surface area contributed by atoms with Crippen molar-refractivity contribution in [2.45, 2.75) is 0 Å².